The SMILES string of the molecule is NC(=O)c1nccc2[nH]cc(C(F)F)c12. The molecule has 0 aromatic carbocycles. The summed E-state index contributed by atoms with van der Waals surface area (Å²) >= 11 is 0. The highest BCUT2D eigenvalue weighted by molar-refractivity contribution is 6.05. The number of nitrogens with two attached hydrogens (primary N) is 1. The number of carbonyl (C=O) groups excluding carboxylic acids is 1. The van der Waals surface area contributed by atoms with Crippen LogP contribution in [0.15, 0.2) is 18.5 Å². The van der Waals surface area contributed by atoms with Gasteiger partial charge in [0.05, 0.1) is 0 Å². The highest BCUT2D eigenvalue weighted by Crippen LogP contribution is 2.28. The molecule has 0 bridgehead atoms. The zero-order valence-electron chi connectivity index (χ0n) is 7.50. The molecule has 1 amide bonds. The molecular weight excluding hydrogens is 204 g/mol. The van der Waals surface area contributed by atoms with E-state index >= 15 is 0 Å². The Labute approximate surface area is 83.1 Å². The molecule has 0 atom stereocenters. The van der Waals surface area contributed by atoms with E-state index in [1.54, 1.807) is 0 Å². The molecule has 0 aliphatic heterocycles. The lowest BCUT2D eigenvalue weighted by molar-refractivity contribution is 0.0997. The smallest absolute Gasteiger partial charge is 0.268 e. The van der Waals surface area contributed by atoms with Gasteiger partial charge >= 0.3 is 0 Å². The number of nitrogens with zero attached hydrogens (tertiary/aromatic N) is 1. The number of amides is 1. The summed E-state index contributed by atoms with van der Waals surface area (Å²) in [6.45, 7) is 0. The lowest BCUT2D eigenvalue weighted by atomic mass is 10.1. The second-order valence-electron chi connectivity index (χ2n) is 2.99. The first-order valence-electron chi connectivity index (χ1n) is 4.15. The Hall–Kier alpha value is -1.98. The molecule has 0 radical (unpaired) electrons. The van der Waals surface area contributed by atoms with Gasteiger partial charge in [0.25, 0.3) is 12.3 Å². The normalized spacial score (nSPS) is 11.1. The number of primary amides is 1. The third-order valence-corrected chi connectivity index (χ3v) is 2.09. The Bertz CT molecular complexity index is 521. The Morgan fingerprint density at radius 2 is 2.27 bits per heavy atom. The number of hydrogen-bond donors (Lipinski definition) is 2. The Morgan fingerprint density at radius 3 is 2.87 bits per heavy atom. The summed E-state index contributed by atoms with van der Waals surface area (Å²) in [7, 11) is 0. The van der Waals surface area contributed by atoms with Crippen molar-refractivity contribution in [2.45, 2.75) is 6.43 Å². The van der Waals surface area contributed by atoms with Gasteiger partial charge in [0.2, 0.25) is 0 Å². The molecule has 6 heteroatoms. The van der Waals surface area contributed by atoms with Gasteiger partial charge in [0.1, 0.15) is 5.69 Å². The number of aromatic nitrogens is 2. The predicted molar refractivity (Wildman–Crippen MR) is 49.6 cm³/mol. The topological polar surface area (TPSA) is 71.8 Å². The van der Waals surface area contributed by atoms with Gasteiger partial charge in [-0.2, -0.15) is 0 Å². The van der Waals surface area contributed by atoms with E-state index in [-0.39, 0.29) is 16.6 Å². The Morgan fingerprint density at radius 1 is 1.53 bits per heavy atom. The highest BCUT2D eigenvalue weighted by atomic mass is 19.3. The van der Waals surface area contributed by atoms with Gasteiger partial charge in [-0.3, -0.25) is 9.78 Å². The first-order chi connectivity index (χ1) is 7.11. The summed E-state index contributed by atoms with van der Waals surface area (Å²) in [6.07, 6.45) is -0.168. The van der Waals surface area contributed by atoms with Crippen LogP contribution in [-0.4, -0.2) is 15.9 Å². The summed E-state index contributed by atoms with van der Waals surface area (Å²) < 4.78 is 25.1. The molecule has 2 aromatic rings. The van der Waals surface area contributed by atoms with Crippen LogP contribution in [0.25, 0.3) is 10.9 Å². The molecule has 2 aromatic heterocycles. The van der Waals surface area contributed by atoms with E-state index in [4.69, 9.17) is 5.73 Å². The molecule has 4 nitrogen and oxygen atoms in total. The summed E-state index contributed by atoms with van der Waals surface area (Å²) in [4.78, 5) is 17.3. The maximum Gasteiger partial charge on any atom is 0.268 e. The van der Waals surface area contributed by atoms with Crippen molar-refractivity contribution in [3.8, 4) is 0 Å². The zero-order chi connectivity index (χ0) is 11.0. The molecule has 0 aliphatic carbocycles. The lowest BCUT2D eigenvalue weighted by Crippen LogP contribution is -2.13. The molecule has 0 unspecified atom stereocenters. The summed E-state index contributed by atoms with van der Waals surface area (Å²) in [5, 5.41) is 0.0972. The number of halogens is 2. The molecule has 2 heterocycles. The minimum Gasteiger partial charge on any atom is -0.364 e. The van der Waals surface area contributed by atoms with Crippen molar-refractivity contribution < 1.29 is 13.6 Å². The van der Waals surface area contributed by atoms with E-state index in [9.17, 15) is 13.6 Å². The third-order valence-electron chi connectivity index (χ3n) is 2.09. The van der Waals surface area contributed by atoms with Crippen LogP contribution in [0.1, 0.15) is 22.5 Å². The third kappa shape index (κ3) is 1.43. The fourth-order valence-corrected chi connectivity index (χ4v) is 1.46. The molecule has 0 saturated carbocycles. The van der Waals surface area contributed by atoms with Crippen molar-refractivity contribution in [3.05, 3.63) is 29.7 Å². The van der Waals surface area contributed by atoms with Crippen LogP contribution in [0.2, 0.25) is 0 Å². The monoisotopic (exact) mass is 211 g/mol. The van der Waals surface area contributed by atoms with Gasteiger partial charge in [0.15, 0.2) is 0 Å². The average Bonchev–Trinajstić information content (AvgIpc) is 2.60. The summed E-state index contributed by atoms with van der Waals surface area (Å²) in [5.74, 6) is -0.818. The number of carbonyl (C=O) groups is 1. The van der Waals surface area contributed by atoms with E-state index in [0.29, 0.717) is 5.52 Å². The quantitative estimate of drug-likeness (QED) is 0.791. The van der Waals surface area contributed by atoms with Crippen molar-refractivity contribution in [1.29, 1.82) is 0 Å². The molecule has 0 fully saturated rings. The van der Waals surface area contributed by atoms with Crippen LogP contribution in [0.3, 0.4) is 0 Å². The zero-order valence-corrected chi connectivity index (χ0v) is 7.50. The average molecular weight is 211 g/mol. The number of aromatic amines is 1. The fraction of sp³-hybridized carbons (Fsp3) is 0.111. The van der Waals surface area contributed by atoms with Gasteiger partial charge in [-0.1, -0.05) is 0 Å². The first-order valence-corrected chi connectivity index (χ1v) is 4.15. The molecule has 2 rings (SSSR count). The number of alkyl halides is 2. The molecule has 0 aliphatic rings. The van der Waals surface area contributed by atoms with E-state index in [0.717, 1.165) is 6.20 Å². The maximum absolute atomic E-state index is 12.6. The summed E-state index contributed by atoms with van der Waals surface area (Å²) in [5.41, 5.74) is 5.08. The second kappa shape index (κ2) is 3.30. The van der Waals surface area contributed by atoms with Crippen LogP contribution >= 0.6 is 0 Å². The second-order valence-corrected chi connectivity index (χ2v) is 2.99. The Balaban J connectivity index is 2.80. The van der Waals surface area contributed by atoms with Crippen LogP contribution in [0.4, 0.5) is 8.78 Å². The van der Waals surface area contributed by atoms with E-state index in [1.165, 1.54) is 12.3 Å². The Kier molecular flexibility index (Phi) is 2.11. The molecule has 0 spiro atoms. The van der Waals surface area contributed by atoms with Gasteiger partial charge in [-0.15, -0.1) is 0 Å². The van der Waals surface area contributed by atoms with Crippen molar-refractivity contribution >= 4 is 16.8 Å². The molecular formula is C9H7F2N3O. The lowest BCUT2D eigenvalue weighted by Gasteiger charge is -2.00. The van der Waals surface area contributed by atoms with Crippen molar-refractivity contribution in [2.24, 2.45) is 5.73 Å². The standard InChI is InChI=1S/C9H7F2N3O/c10-8(11)4-3-14-5-1-2-13-7(6(4)5)9(12)15/h1-3,8,14H,(H2,12,15). The van der Waals surface area contributed by atoms with Crippen LogP contribution < -0.4 is 5.73 Å². The van der Waals surface area contributed by atoms with Gasteiger partial charge in [0, 0.05) is 28.9 Å². The highest BCUT2D eigenvalue weighted by Gasteiger charge is 2.19. The number of H-pyrrole nitrogens is 1. The fourth-order valence-electron chi connectivity index (χ4n) is 1.46. The molecule has 0 saturated heterocycles. The number of pyridine rings is 1. The summed E-state index contributed by atoms with van der Waals surface area (Å²) in [6, 6.07) is 1.51. The molecule has 15 heavy (non-hydrogen) atoms. The van der Waals surface area contributed by atoms with Gasteiger partial charge in [-0.05, 0) is 6.07 Å². The minimum absolute atomic E-state index is 0.0972. The van der Waals surface area contributed by atoms with E-state index < -0.39 is 12.3 Å². The van der Waals surface area contributed by atoms with Crippen LogP contribution in [-0.2, 0) is 0 Å². The first kappa shape index (κ1) is 9.57. The maximum atomic E-state index is 12.6. The molecule has 3 N–H and O–H groups in total. The van der Waals surface area contributed by atoms with Gasteiger partial charge < -0.3 is 10.7 Å². The minimum atomic E-state index is -2.67. The van der Waals surface area contributed by atoms with Crippen molar-refractivity contribution in [3.63, 3.8) is 0 Å². The number of rotatable bonds is 2. The van der Waals surface area contributed by atoms with Gasteiger partial charge in [-0.25, -0.2) is 8.78 Å². The van der Waals surface area contributed by atoms with E-state index in [1.807, 2.05) is 0 Å². The number of hydrogen-bond acceptors (Lipinski definition) is 2. The van der Waals surface area contributed by atoms with Crippen molar-refractivity contribution in [2.75, 3.05) is 0 Å². The van der Waals surface area contributed by atoms with Crippen LogP contribution in [0.5, 0.6) is 0 Å². The largest absolute Gasteiger partial charge is 0.364 e. The predicted octanol–water partition coefficient (Wildman–Crippen LogP) is 1.60. The van der Waals surface area contributed by atoms with Crippen LogP contribution in [0, 0.1) is 0 Å². The number of fused-ring (bicyclic) bond motifs is 1. The van der Waals surface area contributed by atoms with Crippen molar-refractivity contribution in [1.82, 2.24) is 9.97 Å². The van der Waals surface area contributed by atoms with E-state index in [2.05, 4.69) is 9.97 Å². The number of nitrogens with one attached hydrogen (secondary N) is 1. The molecule has 78 valence electrons.